The van der Waals surface area contributed by atoms with Crippen LogP contribution < -0.4 is 0 Å². The molecule has 2 rings (SSSR count). The van der Waals surface area contributed by atoms with E-state index >= 15 is 0 Å². The zero-order valence-electron chi connectivity index (χ0n) is 9.30. The van der Waals surface area contributed by atoms with Crippen LogP contribution in [0.15, 0.2) is 47.1 Å². The predicted octanol–water partition coefficient (Wildman–Crippen LogP) is 3.08. The monoisotopic (exact) mass is 290 g/mol. The Morgan fingerprint density at radius 1 is 1.29 bits per heavy atom. The molecular formula is C13H11BrN2O. The molecule has 0 bridgehead atoms. The molecule has 0 spiro atoms. The fraction of sp³-hybridized carbons (Fsp3) is 0.0769. The number of carbonyl (C=O) groups is 1. The quantitative estimate of drug-likeness (QED) is 0.643. The van der Waals surface area contributed by atoms with E-state index in [2.05, 4.69) is 21.0 Å². The second-order valence-electron chi connectivity index (χ2n) is 3.62. The lowest BCUT2D eigenvalue weighted by atomic mass is 10.1. The standard InChI is InChI=1S/C13H11BrN2O/c1-16-9-8-12(15-16)6-7-13(17)10-2-4-11(14)5-3-10/h2-9H,1H3/b7-6+. The molecule has 1 aromatic carbocycles. The maximum absolute atomic E-state index is 11.8. The van der Waals surface area contributed by atoms with Crippen molar-refractivity contribution in [1.29, 1.82) is 0 Å². The Balaban J connectivity index is 2.11. The van der Waals surface area contributed by atoms with Gasteiger partial charge in [0.25, 0.3) is 0 Å². The third-order valence-corrected chi connectivity index (χ3v) is 2.80. The molecule has 0 aliphatic carbocycles. The van der Waals surface area contributed by atoms with Crippen molar-refractivity contribution < 1.29 is 4.79 Å². The molecule has 1 aromatic heterocycles. The van der Waals surface area contributed by atoms with Crippen molar-refractivity contribution in [1.82, 2.24) is 9.78 Å². The Labute approximate surface area is 108 Å². The van der Waals surface area contributed by atoms with Crippen LogP contribution in [0.5, 0.6) is 0 Å². The van der Waals surface area contributed by atoms with E-state index in [1.165, 1.54) is 6.08 Å². The molecule has 1 heterocycles. The fourth-order valence-electron chi connectivity index (χ4n) is 1.39. The minimum Gasteiger partial charge on any atom is -0.289 e. The van der Waals surface area contributed by atoms with Gasteiger partial charge in [-0.2, -0.15) is 5.10 Å². The number of hydrogen-bond donors (Lipinski definition) is 0. The number of rotatable bonds is 3. The molecule has 0 radical (unpaired) electrons. The van der Waals surface area contributed by atoms with E-state index in [0.717, 1.165) is 10.2 Å². The summed E-state index contributed by atoms with van der Waals surface area (Å²) in [4.78, 5) is 11.8. The molecule has 0 atom stereocenters. The van der Waals surface area contributed by atoms with Crippen LogP contribution in [0.3, 0.4) is 0 Å². The Morgan fingerprint density at radius 2 is 2.00 bits per heavy atom. The Bertz CT molecular complexity index is 555. The summed E-state index contributed by atoms with van der Waals surface area (Å²) >= 11 is 3.33. The van der Waals surface area contributed by atoms with Crippen molar-refractivity contribution in [2.24, 2.45) is 7.05 Å². The van der Waals surface area contributed by atoms with E-state index in [1.807, 2.05) is 31.4 Å². The molecular weight excluding hydrogens is 280 g/mol. The maximum Gasteiger partial charge on any atom is 0.185 e. The van der Waals surface area contributed by atoms with Crippen molar-refractivity contribution >= 4 is 27.8 Å². The van der Waals surface area contributed by atoms with Crippen LogP contribution in [-0.2, 0) is 7.05 Å². The van der Waals surface area contributed by atoms with E-state index < -0.39 is 0 Å². The first-order valence-corrected chi connectivity index (χ1v) is 5.92. The zero-order valence-corrected chi connectivity index (χ0v) is 10.9. The van der Waals surface area contributed by atoms with Gasteiger partial charge in [0.1, 0.15) is 0 Å². The van der Waals surface area contributed by atoms with Gasteiger partial charge in [0, 0.05) is 23.3 Å². The van der Waals surface area contributed by atoms with E-state index in [9.17, 15) is 4.79 Å². The molecule has 0 aliphatic heterocycles. The van der Waals surface area contributed by atoms with Gasteiger partial charge in [0.05, 0.1) is 5.69 Å². The molecule has 4 heteroatoms. The van der Waals surface area contributed by atoms with Crippen LogP contribution in [-0.4, -0.2) is 15.6 Å². The molecule has 0 N–H and O–H groups in total. The van der Waals surface area contributed by atoms with Crippen LogP contribution in [0, 0.1) is 0 Å². The average Bonchev–Trinajstić information content (AvgIpc) is 2.73. The van der Waals surface area contributed by atoms with Gasteiger partial charge in [0.2, 0.25) is 0 Å². The van der Waals surface area contributed by atoms with E-state index in [4.69, 9.17) is 0 Å². The van der Waals surface area contributed by atoms with Crippen LogP contribution >= 0.6 is 15.9 Å². The molecule has 3 nitrogen and oxygen atoms in total. The number of ketones is 1. The van der Waals surface area contributed by atoms with Crippen molar-refractivity contribution in [2.45, 2.75) is 0 Å². The van der Waals surface area contributed by atoms with Gasteiger partial charge in [-0.05, 0) is 42.5 Å². The molecule has 0 saturated carbocycles. The summed E-state index contributed by atoms with van der Waals surface area (Å²) in [7, 11) is 1.84. The summed E-state index contributed by atoms with van der Waals surface area (Å²) < 4.78 is 2.66. The summed E-state index contributed by atoms with van der Waals surface area (Å²) in [5.41, 5.74) is 1.44. The van der Waals surface area contributed by atoms with Crippen molar-refractivity contribution in [2.75, 3.05) is 0 Å². The second kappa shape index (κ2) is 5.10. The Hall–Kier alpha value is -1.68. The minimum atomic E-state index is -0.0249. The van der Waals surface area contributed by atoms with Gasteiger partial charge >= 0.3 is 0 Å². The van der Waals surface area contributed by atoms with Gasteiger partial charge in [0.15, 0.2) is 5.78 Å². The Morgan fingerprint density at radius 3 is 2.59 bits per heavy atom. The second-order valence-corrected chi connectivity index (χ2v) is 4.53. The summed E-state index contributed by atoms with van der Waals surface area (Å²) in [6.45, 7) is 0. The fourth-order valence-corrected chi connectivity index (χ4v) is 1.66. The third kappa shape index (κ3) is 3.14. The molecule has 0 unspecified atom stereocenters. The highest BCUT2D eigenvalue weighted by Gasteiger charge is 2.01. The van der Waals surface area contributed by atoms with Gasteiger partial charge in [-0.15, -0.1) is 0 Å². The lowest BCUT2D eigenvalue weighted by Crippen LogP contribution is -1.93. The van der Waals surface area contributed by atoms with E-state index in [-0.39, 0.29) is 5.78 Å². The van der Waals surface area contributed by atoms with Crippen LogP contribution in [0.25, 0.3) is 6.08 Å². The molecule has 0 amide bonds. The van der Waals surface area contributed by atoms with E-state index in [1.54, 1.807) is 22.9 Å². The summed E-state index contributed by atoms with van der Waals surface area (Å²) in [6.07, 6.45) is 5.08. The first kappa shape index (κ1) is 11.8. The van der Waals surface area contributed by atoms with Gasteiger partial charge < -0.3 is 0 Å². The van der Waals surface area contributed by atoms with E-state index in [0.29, 0.717) is 5.56 Å². The lowest BCUT2D eigenvalue weighted by Gasteiger charge is -1.95. The lowest BCUT2D eigenvalue weighted by molar-refractivity contribution is 0.104. The smallest absolute Gasteiger partial charge is 0.185 e. The number of hydrogen-bond acceptors (Lipinski definition) is 2. The molecule has 86 valence electrons. The first-order chi connectivity index (χ1) is 8.15. The molecule has 0 fully saturated rings. The molecule has 17 heavy (non-hydrogen) atoms. The maximum atomic E-state index is 11.8. The average molecular weight is 291 g/mol. The number of aromatic nitrogens is 2. The van der Waals surface area contributed by atoms with Gasteiger partial charge in [-0.1, -0.05) is 15.9 Å². The zero-order chi connectivity index (χ0) is 12.3. The van der Waals surface area contributed by atoms with Crippen molar-refractivity contribution in [3.8, 4) is 0 Å². The number of aryl methyl sites for hydroxylation is 1. The SMILES string of the molecule is Cn1ccc(/C=C/C(=O)c2ccc(Br)cc2)n1. The topological polar surface area (TPSA) is 34.9 Å². The highest BCUT2D eigenvalue weighted by molar-refractivity contribution is 9.10. The Kier molecular flexibility index (Phi) is 3.54. The summed E-state index contributed by atoms with van der Waals surface area (Å²) in [5.74, 6) is -0.0249. The number of benzene rings is 1. The summed E-state index contributed by atoms with van der Waals surface area (Å²) in [5, 5.41) is 4.16. The highest BCUT2D eigenvalue weighted by Crippen LogP contribution is 2.11. The summed E-state index contributed by atoms with van der Waals surface area (Å²) in [6, 6.07) is 9.12. The largest absolute Gasteiger partial charge is 0.289 e. The third-order valence-electron chi connectivity index (χ3n) is 2.27. The number of carbonyl (C=O) groups excluding carboxylic acids is 1. The van der Waals surface area contributed by atoms with Crippen LogP contribution in [0.4, 0.5) is 0 Å². The number of halogens is 1. The first-order valence-electron chi connectivity index (χ1n) is 5.13. The molecule has 2 aromatic rings. The highest BCUT2D eigenvalue weighted by atomic mass is 79.9. The number of allylic oxidation sites excluding steroid dienone is 1. The predicted molar refractivity (Wildman–Crippen MR) is 70.7 cm³/mol. The number of nitrogens with zero attached hydrogens (tertiary/aromatic N) is 2. The van der Waals surface area contributed by atoms with Crippen molar-refractivity contribution in [3.05, 3.63) is 58.3 Å². The van der Waals surface area contributed by atoms with Gasteiger partial charge in [-0.3, -0.25) is 9.48 Å². The molecule has 0 saturated heterocycles. The van der Waals surface area contributed by atoms with Crippen LogP contribution in [0.1, 0.15) is 16.1 Å². The minimum absolute atomic E-state index is 0.0249. The van der Waals surface area contributed by atoms with Crippen LogP contribution in [0.2, 0.25) is 0 Å². The normalized spacial score (nSPS) is 10.9. The molecule has 0 aliphatic rings. The van der Waals surface area contributed by atoms with Crippen molar-refractivity contribution in [3.63, 3.8) is 0 Å². The van der Waals surface area contributed by atoms with Gasteiger partial charge in [-0.25, -0.2) is 0 Å².